The fourth-order valence-corrected chi connectivity index (χ4v) is 3.00. The number of likely N-dealkylation sites (N-methyl/N-ethyl adjacent to an activating group) is 1. The number of rotatable bonds is 8. The van der Waals surface area contributed by atoms with Crippen LogP contribution in [0.5, 0.6) is 5.75 Å². The fraction of sp³-hybridized carbons (Fsp3) is 0.263. The second-order valence-electron chi connectivity index (χ2n) is 5.58. The summed E-state index contributed by atoms with van der Waals surface area (Å²) in [5.41, 5.74) is 0.642. The average molecular weight is 376 g/mol. The minimum Gasteiger partial charge on any atom is -0.497 e. The van der Waals surface area contributed by atoms with Gasteiger partial charge in [0, 0.05) is 29.8 Å². The molecule has 0 aliphatic heterocycles. The van der Waals surface area contributed by atoms with Crippen LogP contribution in [0.15, 0.2) is 53.4 Å². The van der Waals surface area contributed by atoms with Gasteiger partial charge < -0.3 is 15.0 Å². The summed E-state index contributed by atoms with van der Waals surface area (Å²) in [5.74, 6) is 0.596. The highest BCUT2D eigenvalue weighted by molar-refractivity contribution is 7.99. The average Bonchev–Trinajstić information content (AvgIpc) is 2.63. The van der Waals surface area contributed by atoms with E-state index < -0.39 is 0 Å². The van der Waals surface area contributed by atoms with Crippen LogP contribution in [-0.4, -0.2) is 43.2 Å². The van der Waals surface area contributed by atoms with Crippen molar-refractivity contribution in [3.8, 4) is 5.75 Å². The number of amides is 2. The van der Waals surface area contributed by atoms with Crippen LogP contribution in [-0.2, 0) is 9.59 Å². The number of hydrogen-bond donors (Lipinski definition) is 1. The van der Waals surface area contributed by atoms with Crippen LogP contribution in [0.3, 0.4) is 0 Å². The number of thioether (sulfide) groups is 1. The minimum atomic E-state index is -0.284. The number of ether oxygens (including phenoxy) is 1. The Morgan fingerprint density at radius 2 is 1.77 bits per heavy atom. The lowest BCUT2D eigenvalue weighted by atomic mass is 10.3. The molecule has 2 aromatic carbocycles. The van der Waals surface area contributed by atoms with E-state index in [1.165, 1.54) is 28.8 Å². The lowest BCUT2D eigenvalue weighted by molar-refractivity contribution is -0.132. The molecule has 0 fully saturated rings. The molecule has 2 amide bonds. The number of nitrogens with one attached hydrogen (secondary N) is 1. The maximum Gasteiger partial charge on any atom is 0.243 e. The lowest BCUT2D eigenvalue weighted by Crippen LogP contribution is -2.35. The van der Waals surface area contributed by atoms with Crippen LogP contribution in [0.1, 0.15) is 6.42 Å². The summed E-state index contributed by atoms with van der Waals surface area (Å²) < 4.78 is 17.9. The smallest absolute Gasteiger partial charge is 0.243 e. The van der Waals surface area contributed by atoms with Crippen molar-refractivity contribution < 1.29 is 18.7 Å². The molecule has 2 aromatic rings. The van der Waals surface area contributed by atoms with Crippen molar-refractivity contribution in [1.29, 1.82) is 0 Å². The third kappa shape index (κ3) is 6.40. The quantitative estimate of drug-likeness (QED) is 0.718. The summed E-state index contributed by atoms with van der Waals surface area (Å²) in [6, 6.07) is 13.1. The van der Waals surface area contributed by atoms with Crippen LogP contribution < -0.4 is 10.1 Å². The Labute approximate surface area is 156 Å². The van der Waals surface area contributed by atoms with Gasteiger partial charge in [-0.25, -0.2) is 4.39 Å². The van der Waals surface area contributed by atoms with Gasteiger partial charge in [0.2, 0.25) is 11.8 Å². The molecular formula is C19H21FN2O3S. The summed E-state index contributed by atoms with van der Waals surface area (Å²) >= 11 is 1.47. The van der Waals surface area contributed by atoms with Crippen molar-refractivity contribution in [1.82, 2.24) is 4.90 Å². The molecule has 0 bridgehead atoms. The SMILES string of the molecule is COc1ccc(NC(=O)CN(C)C(=O)CCSc2ccc(F)cc2)cc1. The highest BCUT2D eigenvalue weighted by Crippen LogP contribution is 2.19. The van der Waals surface area contributed by atoms with E-state index in [1.807, 2.05) is 0 Å². The minimum absolute atomic E-state index is 0.0217. The van der Waals surface area contributed by atoms with Crippen LogP contribution in [0.25, 0.3) is 0 Å². The van der Waals surface area contributed by atoms with Gasteiger partial charge in [0.05, 0.1) is 13.7 Å². The van der Waals surface area contributed by atoms with Crippen molar-refractivity contribution in [2.75, 3.05) is 31.8 Å². The molecule has 0 heterocycles. The van der Waals surface area contributed by atoms with Crippen molar-refractivity contribution in [2.45, 2.75) is 11.3 Å². The van der Waals surface area contributed by atoms with Gasteiger partial charge in [-0.3, -0.25) is 9.59 Å². The number of hydrogen-bond acceptors (Lipinski definition) is 4. The van der Waals surface area contributed by atoms with E-state index in [0.29, 0.717) is 23.6 Å². The standard InChI is InChI=1S/C19H21FN2O3S/c1-22(13-18(23)21-15-5-7-16(25-2)8-6-15)19(24)11-12-26-17-9-3-14(20)4-10-17/h3-10H,11-13H2,1-2H3,(H,21,23). The first-order valence-corrected chi connectivity index (χ1v) is 9.02. The lowest BCUT2D eigenvalue weighted by Gasteiger charge is -2.17. The molecule has 1 N–H and O–H groups in total. The highest BCUT2D eigenvalue weighted by Gasteiger charge is 2.13. The van der Waals surface area contributed by atoms with E-state index in [9.17, 15) is 14.0 Å². The Balaban J connectivity index is 1.72. The first-order chi connectivity index (χ1) is 12.5. The number of nitrogens with zero attached hydrogens (tertiary/aromatic N) is 1. The zero-order valence-electron chi connectivity index (χ0n) is 14.7. The highest BCUT2D eigenvalue weighted by atomic mass is 32.2. The molecule has 0 aliphatic rings. The molecule has 0 radical (unpaired) electrons. The second kappa shape index (κ2) is 9.82. The molecule has 0 aromatic heterocycles. The molecule has 0 saturated heterocycles. The van der Waals surface area contributed by atoms with Gasteiger partial charge in [-0.05, 0) is 48.5 Å². The maximum atomic E-state index is 12.8. The predicted octanol–water partition coefficient (Wildman–Crippen LogP) is 3.41. The molecule has 0 aliphatic carbocycles. The van der Waals surface area contributed by atoms with Gasteiger partial charge >= 0.3 is 0 Å². The first kappa shape index (κ1) is 19.8. The van der Waals surface area contributed by atoms with Crippen LogP contribution in [0.4, 0.5) is 10.1 Å². The number of benzene rings is 2. The Bertz CT molecular complexity index is 735. The molecule has 26 heavy (non-hydrogen) atoms. The normalized spacial score (nSPS) is 10.3. The molecular weight excluding hydrogens is 355 g/mol. The Hall–Kier alpha value is -2.54. The number of methoxy groups -OCH3 is 1. The number of halogens is 1. The molecule has 5 nitrogen and oxygen atoms in total. The largest absolute Gasteiger partial charge is 0.497 e. The Morgan fingerprint density at radius 3 is 2.38 bits per heavy atom. The maximum absolute atomic E-state index is 12.8. The van der Waals surface area contributed by atoms with Crippen molar-refractivity contribution in [3.05, 3.63) is 54.3 Å². The van der Waals surface area contributed by atoms with E-state index in [0.717, 1.165) is 4.90 Å². The number of carbonyl (C=O) groups excluding carboxylic acids is 2. The van der Waals surface area contributed by atoms with Crippen LogP contribution in [0, 0.1) is 5.82 Å². The Morgan fingerprint density at radius 1 is 1.12 bits per heavy atom. The summed E-state index contributed by atoms with van der Waals surface area (Å²) in [7, 11) is 3.17. The third-order valence-corrected chi connectivity index (χ3v) is 4.59. The molecule has 7 heteroatoms. The molecule has 0 unspecified atom stereocenters. The Kier molecular flexibility index (Phi) is 7.47. The monoisotopic (exact) mass is 376 g/mol. The van der Waals surface area contributed by atoms with Gasteiger partial charge in [-0.15, -0.1) is 11.8 Å². The van der Waals surface area contributed by atoms with Gasteiger partial charge in [-0.1, -0.05) is 0 Å². The van der Waals surface area contributed by atoms with Gasteiger partial charge in [-0.2, -0.15) is 0 Å². The third-order valence-electron chi connectivity index (χ3n) is 3.58. The summed E-state index contributed by atoms with van der Waals surface area (Å²) in [6.45, 7) is -0.0217. The molecule has 0 atom stereocenters. The van der Waals surface area contributed by atoms with Gasteiger partial charge in [0.25, 0.3) is 0 Å². The van der Waals surface area contributed by atoms with E-state index in [-0.39, 0.29) is 24.2 Å². The number of carbonyl (C=O) groups is 2. The van der Waals surface area contributed by atoms with Crippen molar-refractivity contribution in [3.63, 3.8) is 0 Å². The molecule has 138 valence electrons. The second-order valence-corrected chi connectivity index (χ2v) is 6.75. The predicted molar refractivity (Wildman–Crippen MR) is 101 cm³/mol. The summed E-state index contributed by atoms with van der Waals surface area (Å²) in [4.78, 5) is 26.4. The number of anilines is 1. The van der Waals surface area contributed by atoms with Gasteiger partial charge in [0.1, 0.15) is 11.6 Å². The van der Waals surface area contributed by atoms with E-state index >= 15 is 0 Å². The summed E-state index contributed by atoms with van der Waals surface area (Å²) in [5, 5.41) is 2.74. The van der Waals surface area contributed by atoms with E-state index in [4.69, 9.17) is 4.74 Å². The van der Waals surface area contributed by atoms with Crippen molar-refractivity contribution in [2.24, 2.45) is 0 Å². The van der Waals surface area contributed by atoms with Gasteiger partial charge in [0.15, 0.2) is 0 Å². The van der Waals surface area contributed by atoms with E-state index in [2.05, 4.69) is 5.32 Å². The zero-order chi connectivity index (χ0) is 18.9. The van der Waals surface area contributed by atoms with Crippen molar-refractivity contribution >= 4 is 29.3 Å². The molecule has 0 saturated carbocycles. The molecule has 0 spiro atoms. The van der Waals surface area contributed by atoms with Crippen LogP contribution >= 0.6 is 11.8 Å². The fourth-order valence-electron chi connectivity index (χ4n) is 2.16. The first-order valence-electron chi connectivity index (χ1n) is 8.04. The topological polar surface area (TPSA) is 58.6 Å². The molecule has 2 rings (SSSR count). The summed E-state index contributed by atoms with van der Waals surface area (Å²) in [6.07, 6.45) is 0.300. The zero-order valence-corrected chi connectivity index (χ0v) is 15.5. The van der Waals surface area contributed by atoms with E-state index in [1.54, 1.807) is 50.6 Å². The van der Waals surface area contributed by atoms with Crippen LogP contribution in [0.2, 0.25) is 0 Å².